The molecule has 2 aromatic carbocycles. The van der Waals surface area contributed by atoms with Gasteiger partial charge in [0.05, 0.1) is 11.1 Å². The normalized spacial score (nSPS) is 11.9. The van der Waals surface area contributed by atoms with E-state index in [1.807, 2.05) is 0 Å². The highest BCUT2D eigenvalue weighted by Gasteiger charge is 2.30. The van der Waals surface area contributed by atoms with Crippen LogP contribution >= 0.6 is 0 Å². The van der Waals surface area contributed by atoms with Gasteiger partial charge in [0.25, 0.3) is 0 Å². The zero-order valence-electron chi connectivity index (χ0n) is 15.0. The van der Waals surface area contributed by atoms with Crippen molar-refractivity contribution in [3.05, 3.63) is 82.9 Å². The summed E-state index contributed by atoms with van der Waals surface area (Å²) in [7, 11) is 0. The largest absolute Gasteiger partial charge is 0.478 e. The highest BCUT2D eigenvalue weighted by molar-refractivity contribution is 5.90. The Hall–Kier alpha value is -3.56. The molecule has 0 aliphatic heterocycles. The second kappa shape index (κ2) is 10.3. The van der Waals surface area contributed by atoms with Gasteiger partial charge in [-0.3, -0.25) is 4.79 Å². The van der Waals surface area contributed by atoms with Gasteiger partial charge in [-0.15, -0.1) is 0 Å². The van der Waals surface area contributed by atoms with E-state index in [1.54, 1.807) is 0 Å². The van der Waals surface area contributed by atoms with E-state index in [-0.39, 0.29) is 0 Å². The zero-order chi connectivity index (χ0) is 22.9. The highest BCUT2D eigenvalue weighted by Crippen LogP contribution is 2.30. The first kappa shape index (κ1) is 24.5. The average Bonchev–Trinajstić information content (AvgIpc) is 2.64. The predicted octanol–water partition coefficient (Wildman–Crippen LogP) is 5.01. The molecule has 0 saturated heterocycles. The fourth-order valence-electron chi connectivity index (χ4n) is 1.91. The number of amides is 1. The molecular weight excluding hydrogens is 416 g/mol. The Morgan fingerprint density at radius 1 is 0.700 bits per heavy atom. The fourth-order valence-corrected chi connectivity index (χ4v) is 1.91. The topological polar surface area (TPSA) is 80.4 Å². The molecule has 0 aliphatic rings. The van der Waals surface area contributed by atoms with E-state index in [9.17, 15) is 35.9 Å². The minimum atomic E-state index is -4.37. The average molecular weight is 431 g/mol. The van der Waals surface area contributed by atoms with Gasteiger partial charge in [-0.2, -0.15) is 26.3 Å². The van der Waals surface area contributed by atoms with Gasteiger partial charge < -0.3 is 10.8 Å². The van der Waals surface area contributed by atoms with Gasteiger partial charge in [0.1, 0.15) is 0 Å². The second-order valence-corrected chi connectivity index (χ2v) is 5.65. The summed E-state index contributed by atoms with van der Waals surface area (Å²) < 4.78 is 72.8. The third-order valence-electron chi connectivity index (χ3n) is 3.33. The number of hydrogen-bond acceptors (Lipinski definition) is 2. The van der Waals surface area contributed by atoms with Crippen molar-refractivity contribution < 1.29 is 41.0 Å². The SMILES string of the molecule is NC(=O)/C=C/c1ccc(C(F)(F)F)cc1.O=C(O)C=Cc1ccc(C(F)(F)F)cc1. The van der Waals surface area contributed by atoms with Crippen LogP contribution in [0.5, 0.6) is 0 Å². The van der Waals surface area contributed by atoms with E-state index >= 15 is 0 Å². The van der Waals surface area contributed by atoms with Crippen molar-refractivity contribution in [2.75, 3.05) is 0 Å². The lowest BCUT2D eigenvalue weighted by molar-refractivity contribution is -0.138. The van der Waals surface area contributed by atoms with Crippen LogP contribution in [-0.2, 0) is 21.9 Å². The van der Waals surface area contributed by atoms with E-state index in [2.05, 4.69) is 0 Å². The zero-order valence-corrected chi connectivity index (χ0v) is 15.0. The number of carboxylic acids is 1. The summed E-state index contributed by atoms with van der Waals surface area (Å²) in [4.78, 5) is 20.5. The van der Waals surface area contributed by atoms with Gasteiger partial charge in [-0.1, -0.05) is 24.3 Å². The molecule has 0 saturated carbocycles. The van der Waals surface area contributed by atoms with Crippen LogP contribution < -0.4 is 5.73 Å². The Morgan fingerprint density at radius 2 is 1.03 bits per heavy atom. The van der Waals surface area contributed by atoms with Crippen LogP contribution in [0.1, 0.15) is 22.3 Å². The molecule has 0 unspecified atom stereocenters. The molecule has 0 aromatic heterocycles. The van der Waals surface area contributed by atoms with Gasteiger partial charge >= 0.3 is 18.3 Å². The van der Waals surface area contributed by atoms with Crippen LogP contribution in [0.4, 0.5) is 26.3 Å². The molecule has 10 heteroatoms. The molecule has 0 spiro atoms. The summed E-state index contributed by atoms with van der Waals surface area (Å²) in [5, 5.41) is 8.29. The quantitative estimate of drug-likeness (QED) is 0.528. The molecule has 0 aliphatic carbocycles. The molecule has 1 amide bonds. The van der Waals surface area contributed by atoms with Gasteiger partial charge in [0, 0.05) is 12.2 Å². The minimum absolute atomic E-state index is 0.408. The lowest BCUT2D eigenvalue weighted by atomic mass is 10.1. The number of nitrogens with two attached hydrogens (primary N) is 1. The van der Waals surface area contributed by atoms with E-state index < -0.39 is 35.4 Å². The third kappa shape index (κ3) is 9.09. The highest BCUT2D eigenvalue weighted by atomic mass is 19.4. The van der Waals surface area contributed by atoms with Gasteiger partial charge in [0.15, 0.2) is 0 Å². The van der Waals surface area contributed by atoms with Crippen molar-refractivity contribution in [3.63, 3.8) is 0 Å². The Balaban J connectivity index is 0.000000300. The Morgan fingerprint density at radius 3 is 1.30 bits per heavy atom. The molecule has 0 bridgehead atoms. The minimum Gasteiger partial charge on any atom is -0.478 e. The maximum Gasteiger partial charge on any atom is 0.416 e. The van der Waals surface area contributed by atoms with Gasteiger partial charge in [-0.05, 0) is 47.5 Å². The van der Waals surface area contributed by atoms with Crippen molar-refractivity contribution in [1.29, 1.82) is 0 Å². The summed E-state index contributed by atoms with van der Waals surface area (Å²) >= 11 is 0. The van der Waals surface area contributed by atoms with Crippen LogP contribution in [0.15, 0.2) is 60.7 Å². The maximum absolute atomic E-state index is 12.1. The van der Waals surface area contributed by atoms with Crippen LogP contribution in [0.2, 0.25) is 0 Å². The molecule has 2 rings (SSSR count). The molecule has 4 nitrogen and oxygen atoms in total. The molecule has 0 heterocycles. The molecular formula is C20H15F6NO3. The lowest BCUT2D eigenvalue weighted by Crippen LogP contribution is -2.05. The molecule has 160 valence electrons. The summed E-state index contributed by atoms with van der Waals surface area (Å²) in [5.41, 5.74) is 4.25. The number of rotatable bonds is 4. The van der Waals surface area contributed by atoms with E-state index in [0.29, 0.717) is 11.1 Å². The maximum atomic E-state index is 12.1. The van der Waals surface area contributed by atoms with Crippen LogP contribution in [0.25, 0.3) is 12.2 Å². The summed E-state index contributed by atoms with van der Waals surface area (Å²) in [6.45, 7) is 0. The predicted molar refractivity (Wildman–Crippen MR) is 97.8 cm³/mol. The van der Waals surface area contributed by atoms with E-state index in [4.69, 9.17) is 10.8 Å². The summed E-state index contributed by atoms with van der Waals surface area (Å²) in [6, 6.07) is 8.65. The number of benzene rings is 2. The van der Waals surface area contributed by atoms with Crippen molar-refractivity contribution >= 4 is 24.0 Å². The molecule has 3 N–H and O–H groups in total. The van der Waals surface area contributed by atoms with Crippen LogP contribution in [0.3, 0.4) is 0 Å². The van der Waals surface area contributed by atoms with E-state index in [1.165, 1.54) is 36.4 Å². The van der Waals surface area contributed by atoms with Crippen molar-refractivity contribution in [3.8, 4) is 0 Å². The molecule has 0 radical (unpaired) electrons. The first-order valence-electron chi connectivity index (χ1n) is 8.02. The number of alkyl halides is 6. The number of carbonyl (C=O) groups excluding carboxylic acids is 1. The van der Waals surface area contributed by atoms with Crippen molar-refractivity contribution in [1.82, 2.24) is 0 Å². The Kier molecular flexibility index (Phi) is 8.39. The molecule has 2 aromatic rings. The van der Waals surface area contributed by atoms with Crippen LogP contribution in [-0.4, -0.2) is 17.0 Å². The molecule has 30 heavy (non-hydrogen) atoms. The Bertz CT molecular complexity index is 834. The first-order chi connectivity index (χ1) is 13.8. The first-order valence-corrected chi connectivity index (χ1v) is 8.02. The van der Waals surface area contributed by atoms with Crippen molar-refractivity contribution in [2.45, 2.75) is 12.4 Å². The number of carbonyl (C=O) groups is 2. The fraction of sp³-hybridized carbons (Fsp3) is 0.100. The Labute approximate surface area is 166 Å². The standard InChI is InChI=1S/C10H8F3NO.C10H7F3O2/c2*11-10(12,13)8-4-1-7(2-5-8)3-6-9(14)15/h1-6H,(H2,14,15);1-6H,(H,14,15)/b6-3+;. The summed E-state index contributed by atoms with van der Waals surface area (Å²) in [5.74, 6) is -1.79. The second-order valence-electron chi connectivity index (χ2n) is 5.65. The number of carboxylic acid groups (broad SMARTS) is 1. The van der Waals surface area contributed by atoms with Crippen molar-refractivity contribution in [2.24, 2.45) is 5.73 Å². The number of hydrogen-bond donors (Lipinski definition) is 2. The monoisotopic (exact) mass is 431 g/mol. The summed E-state index contributed by atoms with van der Waals surface area (Å²) in [6.07, 6.45) is -4.18. The third-order valence-corrected chi connectivity index (χ3v) is 3.33. The number of halogens is 6. The molecule has 0 fully saturated rings. The van der Waals surface area contributed by atoms with E-state index in [0.717, 1.165) is 36.4 Å². The van der Waals surface area contributed by atoms with Gasteiger partial charge in [-0.25, -0.2) is 4.79 Å². The smallest absolute Gasteiger partial charge is 0.416 e. The lowest BCUT2D eigenvalue weighted by Gasteiger charge is -2.05. The van der Waals surface area contributed by atoms with Crippen LogP contribution in [0, 0.1) is 0 Å². The number of primary amides is 1. The van der Waals surface area contributed by atoms with Gasteiger partial charge in [0.2, 0.25) is 5.91 Å². The molecule has 0 atom stereocenters. The number of aliphatic carboxylic acids is 1.